The van der Waals surface area contributed by atoms with E-state index in [0.29, 0.717) is 5.52 Å². The molecule has 2 aromatic rings. The van der Waals surface area contributed by atoms with Crippen molar-refractivity contribution in [3.05, 3.63) is 34.5 Å². The molecule has 0 unspecified atom stereocenters. The van der Waals surface area contributed by atoms with E-state index in [1.807, 2.05) is 0 Å². The molecule has 2 N–H and O–H groups in total. The summed E-state index contributed by atoms with van der Waals surface area (Å²) in [5.41, 5.74) is 0.323. The number of pyridine rings is 1. The molecule has 0 aromatic carbocycles. The van der Waals surface area contributed by atoms with Gasteiger partial charge >= 0.3 is 5.97 Å². The van der Waals surface area contributed by atoms with Crippen LogP contribution in [0.2, 0.25) is 0 Å². The lowest BCUT2D eigenvalue weighted by Gasteiger charge is -2.02. The summed E-state index contributed by atoms with van der Waals surface area (Å²) in [6, 6.07) is 3.31. The standard InChI is InChI=1S/C10H9N3O4/c14-8(15)5-17-4-7-12-6-2-1-3-11-9(6)10(16)13-7/h1-3H,4-5H2,(H,14,15)(H,12,13,16). The van der Waals surface area contributed by atoms with E-state index in [2.05, 4.69) is 15.0 Å². The molecule has 0 aliphatic rings. The van der Waals surface area contributed by atoms with Crippen LogP contribution in [-0.4, -0.2) is 32.6 Å². The Hall–Kier alpha value is -2.28. The van der Waals surface area contributed by atoms with Gasteiger partial charge in [0.15, 0.2) is 5.52 Å². The molecule has 2 aromatic heterocycles. The van der Waals surface area contributed by atoms with Crippen molar-refractivity contribution in [3.8, 4) is 0 Å². The van der Waals surface area contributed by atoms with E-state index in [1.54, 1.807) is 12.1 Å². The Balaban J connectivity index is 2.25. The van der Waals surface area contributed by atoms with Gasteiger partial charge in [-0.2, -0.15) is 0 Å². The molecule has 0 aliphatic heterocycles. The van der Waals surface area contributed by atoms with Crippen molar-refractivity contribution in [3.63, 3.8) is 0 Å². The maximum atomic E-state index is 11.6. The first-order valence-corrected chi connectivity index (χ1v) is 4.80. The van der Waals surface area contributed by atoms with E-state index >= 15 is 0 Å². The number of H-pyrrole nitrogens is 1. The van der Waals surface area contributed by atoms with Gasteiger partial charge in [0.25, 0.3) is 5.56 Å². The zero-order valence-corrected chi connectivity index (χ0v) is 8.71. The van der Waals surface area contributed by atoms with Crippen LogP contribution in [0, 0.1) is 0 Å². The molecule has 7 nitrogen and oxygen atoms in total. The third kappa shape index (κ3) is 2.64. The molecule has 0 aliphatic carbocycles. The maximum absolute atomic E-state index is 11.6. The van der Waals surface area contributed by atoms with Gasteiger partial charge in [-0.1, -0.05) is 0 Å². The normalized spacial score (nSPS) is 10.6. The number of nitrogens with one attached hydrogen (secondary N) is 1. The van der Waals surface area contributed by atoms with Gasteiger partial charge in [0.1, 0.15) is 19.0 Å². The minimum atomic E-state index is -1.07. The number of aliphatic carboxylic acids is 1. The minimum absolute atomic E-state index is 0.0631. The zero-order chi connectivity index (χ0) is 12.3. The summed E-state index contributed by atoms with van der Waals surface area (Å²) in [7, 11) is 0. The van der Waals surface area contributed by atoms with Gasteiger partial charge in [0.2, 0.25) is 0 Å². The monoisotopic (exact) mass is 235 g/mol. The molecule has 0 spiro atoms. The Kier molecular flexibility index (Phi) is 3.10. The largest absolute Gasteiger partial charge is 0.480 e. The highest BCUT2D eigenvalue weighted by molar-refractivity contribution is 5.72. The fraction of sp³-hybridized carbons (Fsp3) is 0.200. The highest BCUT2D eigenvalue weighted by atomic mass is 16.5. The second-order valence-electron chi connectivity index (χ2n) is 3.27. The molecule has 2 rings (SSSR count). The number of aromatic amines is 1. The predicted molar refractivity (Wildman–Crippen MR) is 57.5 cm³/mol. The number of carboxylic acid groups (broad SMARTS) is 1. The van der Waals surface area contributed by atoms with Crippen LogP contribution in [0.15, 0.2) is 23.1 Å². The molecule has 0 saturated heterocycles. The van der Waals surface area contributed by atoms with Crippen molar-refractivity contribution in [2.24, 2.45) is 0 Å². The highest BCUT2D eigenvalue weighted by Gasteiger charge is 2.05. The van der Waals surface area contributed by atoms with Crippen LogP contribution in [0.4, 0.5) is 0 Å². The number of carbonyl (C=O) groups is 1. The molecule has 0 fully saturated rings. The number of fused-ring (bicyclic) bond motifs is 1. The average molecular weight is 235 g/mol. The lowest BCUT2D eigenvalue weighted by atomic mass is 10.3. The minimum Gasteiger partial charge on any atom is -0.480 e. The van der Waals surface area contributed by atoms with Gasteiger partial charge in [-0.05, 0) is 12.1 Å². The van der Waals surface area contributed by atoms with Gasteiger partial charge in [0.05, 0.1) is 5.52 Å². The molecule has 0 radical (unpaired) electrons. The molecule has 7 heteroatoms. The number of nitrogens with zero attached hydrogens (tertiary/aromatic N) is 2. The van der Waals surface area contributed by atoms with Gasteiger partial charge in [-0.3, -0.25) is 4.79 Å². The first-order chi connectivity index (χ1) is 8.16. The average Bonchev–Trinajstić information content (AvgIpc) is 2.28. The summed E-state index contributed by atoms with van der Waals surface area (Å²) >= 11 is 0. The number of hydrogen-bond acceptors (Lipinski definition) is 5. The van der Waals surface area contributed by atoms with Crippen LogP contribution in [0.3, 0.4) is 0 Å². The van der Waals surface area contributed by atoms with E-state index in [-0.39, 0.29) is 23.5 Å². The van der Waals surface area contributed by atoms with Gasteiger partial charge in [0, 0.05) is 6.20 Å². The summed E-state index contributed by atoms with van der Waals surface area (Å²) in [4.78, 5) is 32.3. The third-order valence-corrected chi connectivity index (χ3v) is 1.98. The van der Waals surface area contributed by atoms with Crippen LogP contribution in [0.5, 0.6) is 0 Å². The number of aromatic nitrogens is 3. The zero-order valence-electron chi connectivity index (χ0n) is 8.71. The number of hydrogen-bond donors (Lipinski definition) is 2. The fourth-order valence-corrected chi connectivity index (χ4v) is 1.33. The van der Waals surface area contributed by atoms with Crippen molar-refractivity contribution < 1.29 is 14.6 Å². The summed E-state index contributed by atoms with van der Waals surface area (Å²) in [5.74, 6) is -0.799. The van der Waals surface area contributed by atoms with Gasteiger partial charge in [-0.15, -0.1) is 0 Å². The molecule has 0 saturated carbocycles. The Morgan fingerprint density at radius 2 is 2.35 bits per heavy atom. The second-order valence-corrected chi connectivity index (χ2v) is 3.27. The molecular weight excluding hydrogens is 226 g/mol. The summed E-state index contributed by atoms with van der Waals surface area (Å²) < 4.78 is 4.83. The quantitative estimate of drug-likeness (QED) is 0.767. The predicted octanol–water partition coefficient (Wildman–Crippen LogP) is -0.0807. The van der Waals surface area contributed by atoms with Crippen LogP contribution < -0.4 is 5.56 Å². The highest BCUT2D eigenvalue weighted by Crippen LogP contribution is 2.02. The molecule has 17 heavy (non-hydrogen) atoms. The molecule has 0 bridgehead atoms. The first-order valence-electron chi connectivity index (χ1n) is 4.80. The summed E-state index contributed by atoms with van der Waals surface area (Å²) in [5, 5.41) is 8.39. The molecule has 0 atom stereocenters. The number of ether oxygens (including phenoxy) is 1. The van der Waals surface area contributed by atoms with Gasteiger partial charge < -0.3 is 14.8 Å². The van der Waals surface area contributed by atoms with Crippen LogP contribution in [0.25, 0.3) is 11.0 Å². The van der Waals surface area contributed by atoms with Crippen molar-refractivity contribution in [1.82, 2.24) is 15.0 Å². The van der Waals surface area contributed by atoms with Crippen LogP contribution in [-0.2, 0) is 16.1 Å². The fourth-order valence-electron chi connectivity index (χ4n) is 1.33. The van der Waals surface area contributed by atoms with Crippen LogP contribution >= 0.6 is 0 Å². The topological polar surface area (TPSA) is 105 Å². The molecular formula is C10H9N3O4. The smallest absolute Gasteiger partial charge is 0.329 e. The SMILES string of the molecule is O=C(O)COCc1nc2cccnc2c(=O)[nH]1. The van der Waals surface area contributed by atoms with E-state index in [0.717, 1.165) is 0 Å². The number of carboxylic acids is 1. The lowest BCUT2D eigenvalue weighted by molar-refractivity contribution is -0.142. The molecule has 0 amide bonds. The summed E-state index contributed by atoms with van der Waals surface area (Å²) in [6.07, 6.45) is 1.50. The van der Waals surface area contributed by atoms with E-state index in [4.69, 9.17) is 9.84 Å². The van der Waals surface area contributed by atoms with Crippen molar-refractivity contribution in [2.75, 3.05) is 6.61 Å². The van der Waals surface area contributed by atoms with Crippen molar-refractivity contribution in [2.45, 2.75) is 6.61 Å². The Morgan fingerprint density at radius 1 is 1.53 bits per heavy atom. The Labute approximate surface area is 95.1 Å². The van der Waals surface area contributed by atoms with Crippen LogP contribution in [0.1, 0.15) is 5.82 Å². The lowest BCUT2D eigenvalue weighted by Crippen LogP contribution is -2.15. The maximum Gasteiger partial charge on any atom is 0.329 e. The Morgan fingerprint density at radius 3 is 3.12 bits per heavy atom. The van der Waals surface area contributed by atoms with Crippen molar-refractivity contribution >= 4 is 17.0 Å². The van der Waals surface area contributed by atoms with E-state index < -0.39 is 12.6 Å². The summed E-state index contributed by atoms with van der Waals surface area (Å²) in [6.45, 7) is -0.499. The van der Waals surface area contributed by atoms with E-state index in [1.165, 1.54) is 6.20 Å². The first kappa shape index (κ1) is 11.2. The molecule has 88 valence electrons. The van der Waals surface area contributed by atoms with E-state index in [9.17, 15) is 9.59 Å². The second kappa shape index (κ2) is 4.71. The van der Waals surface area contributed by atoms with Crippen molar-refractivity contribution in [1.29, 1.82) is 0 Å². The third-order valence-electron chi connectivity index (χ3n) is 1.98. The Bertz CT molecular complexity index is 608. The number of rotatable bonds is 4. The van der Waals surface area contributed by atoms with Gasteiger partial charge in [-0.25, -0.2) is 14.8 Å². The molecule has 2 heterocycles.